The summed E-state index contributed by atoms with van der Waals surface area (Å²) in [6, 6.07) is 9.24. The molecule has 1 aliphatic heterocycles. The number of hydrogen-bond donors (Lipinski definition) is 3. The number of nitrogens with zero attached hydrogens (tertiary/aromatic N) is 5. The summed E-state index contributed by atoms with van der Waals surface area (Å²) >= 11 is 0. The van der Waals surface area contributed by atoms with Crippen molar-refractivity contribution >= 4 is 30.8 Å². The number of carbonyl (C=O) groups excluding carboxylic acids is 1. The van der Waals surface area contributed by atoms with Crippen molar-refractivity contribution in [3.63, 3.8) is 0 Å². The lowest BCUT2D eigenvalue weighted by atomic mass is 9.84. The Bertz CT molecular complexity index is 1450. The second-order valence-electron chi connectivity index (χ2n) is 9.08. The van der Waals surface area contributed by atoms with Crippen molar-refractivity contribution in [2.24, 2.45) is 5.41 Å². The Kier molecular flexibility index (Phi) is 8.57. The molecule has 0 saturated carbocycles. The van der Waals surface area contributed by atoms with Gasteiger partial charge in [-0.05, 0) is 32.9 Å². The number of benzene rings is 1. The highest BCUT2D eigenvalue weighted by Crippen LogP contribution is 2.49. The number of methoxy groups -OCH3 is 1. The van der Waals surface area contributed by atoms with E-state index in [0.717, 1.165) is 0 Å². The highest BCUT2D eigenvalue weighted by molar-refractivity contribution is 7.52. The van der Waals surface area contributed by atoms with Gasteiger partial charge in [-0.25, -0.2) is 9.55 Å². The van der Waals surface area contributed by atoms with E-state index in [4.69, 9.17) is 29.0 Å². The number of nitrogens with one attached hydrogen (secondary N) is 1. The van der Waals surface area contributed by atoms with Gasteiger partial charge in [0.2, 0.25) is 11.8 Å². The van der Waals surface area contributed by atoms with Gasteiger partial charge >= 0.3 is 13.7 Å². The van der Waals surface area contributed by atoms with Crippen molar-refractivity contribution in [2.45, 2.75) is 45.2 Å². The molecule has 16 heteroatoms. The molecule has 40 heavy (non-hydrogen) atoms. The number of nitrogen functional groups attached to an aromatic ring is 1. The lowest BCUT2D eigenvalue weighted by Gasteiger charge is -2.26. The second kappa shape index (κ2) is 11.7. The van der Waals surface area contributed by atoms with Gasteiger partial charge in [0.1, 0.15) is 29.4 Å². The SMILES string of the molecule is CCOC(=O)[C@H](C)NP(=O)(OC[C@H]1O[C@@H](n2cnc3c(OC)nc(N)nc32)[C@](C)(C#N)[C@@H]1O)Oc1ccccc1. The lowest BCUT2D eigenvalue weighted by Crippen LogP contribution is -2.39. The van der Waals surface area contributed by atoms with Crippen LogP contribution in [0.3, 0.4) is 0 Å². The Morgan fingerprint density at radius 1 is 1.38 bits per heavy atom. The molecule has 4 N–H and O–H groups in total. The van der Waals surface area contributed by atoms with Crippen LogP contribution >= 0.6 is 7.75 Å². The first-order valence-electron chi connectivity index (χ1n) is 12.3. The van der Waals surface area contributed by atoms with Crippen LogP contribution < -0.4 is 20.1 Å². The molecule has 2 aromatic heterocycles. The number of aromatic nitrogens is 4. The van der Waals surface area contributed by atoms with Crippen LogP contribution in [0.1, 0.15) is 27.0 Å². The van der Waals surface area contributed by atoms with Crippen molar-refractivity contribution < 1.29 is 37.7 Å². The number of ether oxygens (including phenoxy) is 3. The van der Waals surface area contributed by atoms with Gasteiger partial charge in [0.15, 0.2) is 17.4 Å². The number of fused-ring (bicyclic) bond motifs is 1. The first-order chi connectivity index (χ1) is 19.0. The lowest BCUT2D eigenvalue weighted by molar-refractivity contribution is -0.144. The van der Waals surface area contributed by atoms with Crippen LogP contribution in [-0.4, -0.2) is 69.2 Å². The number of aliphatic hydroxyl groups excluding tert-OH is 1. The van der Waals surface area contributed by atoms with Gasteiger partial charge in [0.05, 0.1) is 32.7 Å². The fraction of sp³-hybridized carbons (Fsp3) is 0.458. The molecule has 6 atom stereocenters. The molecule has 1 unspecified atom stereocenters. The van der Waals surface area contributed by atoms with E-state index in [0.29, 0.717) is 0 Å². The Labute approximate surface area is 229 Å². The Balaban J connectivity index is 1.60. The fourth-order valence-electron chi connectivity index (χ4n) is 4.18. The van der Waals surface area contributed by atoms with Gasteiger partial charge in [0, 0.05) is 0 Å². The fourth-order valence-corrected chi connectivity index (χ4v) is 5.68. The summed E-state index contributed by atoms with van der Waals surface area (Å²) < 4.78 is 42.8. The molecule has 0 radical (unpaired) electrons. The average molecular weight is 576 g/mol. The van der Waals surface area contributed by atoms with E-state index >= 15 is 0 Å². The number of nitrogens with two attached hydrogens (primary N) is 1. The predicted octanol–water partition coefficient (Wildman–Crippen LogP) is 1.95. The standard InChI is InChI=1S/C24H30N7O8P/c1-5-36-21(33)14(2)30-40(34,39-15-9-7-6-8-10-15)37-11-16-18(32)24(3,12-25)22(38-16)31-13-27-17-19(31)28-23(26)29-20(17)35-4/h6-10,13-14,16,18,22,32H,5,11H2,1-4H3,(H,30,34)(H2,26,28,29)/t14-,16+,18+,22+,24+,40?/m0/s1. The van der Waals surface area contributed by atoms with E-state index in [-0.39, 0.29) is 35.3 Å². The normalized spacial score (nSPS) is 24.6. The molecule has 214 valence electrons. The molecule has 3 aromatic rings. The van der Waals surface area contributed by atoms with Crippen molar-refractivity contribution in [1.29, 1.82) is 5.26 Å². The first kappa shape index (κ1) is 29.2. The minimum atomic E-state index is -4.24. The highest BCUT2D eigenvalue weighted by Gasteiger charge is 2.55. The van der Waals surface area contributed by atoms with Gasteiger partial charge in [-0.1, -0.05) is 18.2 Å². The third-order valence-electron chi connectivity index (χ3n) is 6.25. The molecule has 1 aromatic carbocycles. The number of rotatable bonds is 11. The molecule has 0 aliphatic carbocycles. The molecular weight excluding hydrogens is 545 g/mol. The van der Waals surface area contributed by atoms with Crippen LogP contribution in [0.15, 0.2) is 36.7 Å². The molecular formula is C24H30N7O8P. The number of para-hydroxylation sites is 1. The summed E-state index contributed by atoms with van der Waals surface area (Å²) in [5, 5.41) is 23.8. The van der Waals surface area contributed by atoms with Gasteiger partial charge in [-0.15, -0.1) is 0 Å². The molecule has 15 nitrogen and oxygen atoms in total. The van der Waals surface area contributed by atoms with E-state index in [1.54, 1.807) is 37.3 Å². The summed E-state index contributed by atoms with van der Waals surface area (Å²) in [7, 11) is -2.84. The van der Waals surface area contributed by atoms with Crippen molar-refractivity contribution in [3.8, 4) is 17.7 Å². The topological polar surface area (TPSA) is 206 Å². The zero-order chi connectivity index (χ0) is 29.1. The number of imidazole rings is 1. The quantitative estimate of drug-likeness (QED) is 0.221. The Morgan fingerprint density at radius 2 is 2.10 bits per heavy atom. The molecule has 0 amide bonds. The van der Waals surface area contributed by atoms with Crippen LogP contribution in [0.5, 0.6) is 11.6 Å². The Hall–Kier alpha value is -3.80. The van der Waals surface area contributed by atoms with Crippen LogP contribution in [-0.2, 0) is 23.4 Å². The van der Waals surface area contributed by atoms with Gasteiger partial charge in [0.25, 0.3) is 0 Å². The molecule has 1 fully saturated rings. The van der Waals surface area contributed by atoms with Gasteiger partial charge in [-0.3, -0.25) is 13.9 Å². The summed E-state index contributed by atoms with van der Waals surface area (Å²) in [5.74, 6) is -0.429. The number of nitriles is 1. The zero-order valence-electron chi connectivity index (χ0n) is 22.3. The number of esters is 1. The van der Waals surface area contributed by atoms with E-state index in [1.165, 1.54) is 31.9 Å². The number of anilines is 1. The minimum Gasteiger partial charge on any atom is -0.479 e. The Morgan fingerprint density at radius 3 is 2.75 bits per heavy atom. The molecule has 0 spiro atoms. The zero-order valence-corrected chi connectivity index (χ0v) is 23.1. The predicted molar refractivity (Wildman–Crippen MR) is 140 cm³/mol. The van der Waals surface area contributed by atoms with Crippen LogP contribution in [0.25, 0.3) is 11.2 Å². The van der Waals surface area contributed by atoms with Gasteiger partial charge < -0.3 is 29.6 Å². The number of hydrogen-bond acceptors (Lipinski definition) is 13. The number of aliphatic hydroxyl groups is 1. The third-order valence-corrected chi connectivity index (χ3v) is 7.89. The highest BCUT2D eigenvalue weighted by atomic mass is 31.2. The van der Waals surface area contributed by atoms with E-state index in [1.807, 2.05) is 0 Å². The van der Waals surface area contributed by atoms with Crippen LogP contribution in [0, 0.1) is 16.7 Å². The summed E-state index contributed by atoms with van der Waals surface area (Å²) in [5.41, 5.74) is 4.78. The van der Waals surface area contributed by atoms with Gasteiger partial charge in [-0.2, -0.15) is 20.3 Å². The minimum absolute atomic E-state index is 0.0935. The first-order valence-corrected chi connectivity index (χ1v) is 13.8. The summed E-state index contributed by atoms with van der Waals surface area (Å²) in [6.07, 6.45) is -2.30. The molecule has 1 aliphatic rings. The van der Waals surface area contributed by atoms with Crippen LogP contribution in [0.2, 0.25) is 0 Å². The largest absolute Gasteiger partial charge is 0.479 e. The molecule has 3 heterocycles. The van der Waals surface area contributed by atoms with E-state index in [9.17, 15) is 19.7 Å². The third kappa shape index (κ3) is 5.72. The van der Waals surface area contributed by atoms with E-state index in [2.05, 4.69) is 26.1 Å². The molecule has 0 bridgehead atoms. The summed E-state index contributed by atoms with van der Waals surface area (Å²) in [4.78, 5) is 24.7. The smallest absolute Gasteiger partial charge is 0.459 e. The maximum Gasteiger partial charge on any atom is 0.459 e. The van der Waals surface area contributed by atoms with Crippen molar-refractivity contribution in [1.82, 2.24) is 24.6 Å². The maximum absolute atomic E-state index is 13.8. The monoisotopic (exact) mass is 575 g/mol. The van der Waals surface area contributed by atoms with Crippen molar-refractivity contribution in [3.05, 3.63) is 36.7 Å². The van der Waals surface area contributed by atoms with Crippen LogP contribution in [0.4, 0.5) is 5.95 Å². The summed E-state index contributed by atoms with van der Waals surface area (Å²) in [6.45, 7) is 4.23. The number of carbonyl (C=O) groups is 1. The average Bonchev–Trinajstić information content (AvgIpc) is 3.46. The van der Waals surface area contributed by atoms with E-state index < -0.39 is 50.2 Å². The maximum atomic E-state index is 13.8. The van der Waals surface area contributed by atoms with Crippen molar-refractivity contribution in [2.75, 3.05) is 26.1 Å². The molecule has 4 rings (SSSR count). The second-order valence-corrected chi connectivity index (χ2v) is 10.8. The molecule has 1 saturated heterocycles.